The average Bonchev–Trinajstić information content (AvgIpc) is 2.47. The summed E-state index contributed by atoms with van der Waals surface area (Å²) in [6.45, 7) is 2.00. The van der Waals surface area contributed by atoms with E-state index in [0.29, 0.717) is 5.69 Å². The second-order valence-corrected chi connectivity index (χ2v) is 4.85. The molecule has 4 nitrogen and oxygen atoms in total. The number of fused-ring (bicyclic) bond motifs is 1. The number of ether oxygens (including phenoxy) is 1. The van der Waals surface area contributed by atoms with Crippen LogP contribution in [0.2, 0.25) is 0 Å². The predicted octanol–water partition coefficient (Wildman–Crippen LogP) is 3.22. The molecule has 0 bridgehead atoms. The van der Waals surface area contributed by atoms with Gasteiger partial charge in [-0.3, -0.25) is 0 Å². The van der Waals surface area contributed by atoms with E-state index in [0.717, 1.165) is 23.0 Å². The van der Waals surface area contributed by atoms with Gasteiger partial charge in [-0.15, -0.1) is 0 Å². The van der Waals surface area contributed by atoms with Crippen LogP contribution in [0.25, 0.3) is 0 Å². The smallest absolute Gasteiger partial charge is 0.154 e. The third-order valence-corrected chi connectivity index (χ3v) is 3.37. The van der Waals surface area contributed by atoms with Gasteiger partial charge in [-0.05, 0) is 37.3 Å². The lowest BCUT2D eigenvalue weighted by molar-refractivity contribution is 0.281. The molecule has 0 fully saturated rings. The maximum atomic E-state index is 5.91. The molecule has 3 rings (SSSR count). The Bertz CT molecular complexity index is 652. The minimum atomic E-state index is -0.101. The van der Waals surface area contributed by atoms with E-state index in [4.69, 9.17) is 15.5 Å². The molecular weight excluding hydrogens is 250 g/mol. The fourth-order valence-corrected chi connectivity index (χ4v) is 2.31. The van der Waals surface area contributed by atoms with Gasteiger partial charge in [0.15, 0.2) is 11.9 Å². The number of likely N-dealkylation sites (N-methyl/N-ethyl adjacent to an activating group) is 1. The lowest BCUT2D eigenvalue weighted by Gasteiger charge is -2.30. The molecule has 0 spiro atoms. The highest BCUT2D eigenvalue weighted by molar-refractivity contribution is 6.03. The van der Waals surface area contributed by atoms with Crippen LogP contribution in [0.5, 0.6) is 5.75 Å². The molecule has 20 heavy (non-hydrogen) atoms. The molecular formula is C16H17N3O. The number of para-hydroxylation sites is 1. The Hall–Kier alpha value is -2.49. The molecule has 0 amide bonds. The molecule has 1 atom stereocenters. The van der Waals surface area contributed by atoms with Crippen LogP contribution in [0, 0.1) is 0 Å². The van der Waals surface area contributed by atoms with Gasteiger partial charge >= 0.3 is 0 Å². The van der Waals surface area contributed by atoms with E-state index in [-0.39, 0.29) is 6.10 Å². The fourth-order valence-electron chi connectivity index (χ4n) is 2.31. The molecule has 1 heterocycles. The van der Waals surface area contributed by atoms with Crippen molar-refractivity contribution in [3.63, 3.8) is 0 Å². The molecule has 1 aliphatic heterocycles. The number of hydrogen-bond acceptors (Lipinski definition) is 4. The summed E-state index contributed by atoms with van der Waals surface area (Å²) in [4.78, 5) is 6.74. The highest BCUT2D eigenvalue weighted by atomic mass is 16.5. The van der Waals surface area contributed by atoms with E-state index in [1.54, 1.807) is 0 Å². The zero-order valence-electron chi connectivity index (χ0n) is 11.6. The minimum Gasteiger partial charge on any atom is -0.481 e. The van der Waals surface area contributed by atoms with Crippen LogP contribution in [0.4, 0.5) is 17.1 Å². The first kappa shape index (κ1) is 12.5. The van der Waals surface area contributed by atoms with Gasteiger partial charge < -0.3 is 15.4 Å². The molecule has 2 aromatic rings. The van der Waals surface area contributed by atoms with E-state index in [1.807, 2.05) is 67.4 Å². The van der Waals surface area contributed by atoms with Crippen LogP contribution >= 0.6 is 0 Å². The first-order chi connectivity index (χ1) is 9.65. The summed E-state index contributed by atoms with van der Waals surface area (Å²) in [6.07, 6.45) is -0.101. The topological polar surface area (TPSA) is 50.9 Å². The monoisotopic (exact) mass is 267 g/mol. The number of benzene rings is 2. The van der Waals surface area contributed by atoms with Gasteiger partial charge in [-0.2, -0.15) is 0 Å². The third kappa shape index (κ3) is 2.20. The van der Waals surface area contributed by atoms with Crippen molar-refractivity contribution in [3.8, 4) is 5.75 Å². The van der Waals surface area contributed by atoms with Gasteiger partial charge in [-0.1, -0.05) is 18.2 Å². The Morgan fingerprint density at radius 1 is 1.15 bits per heavy atom. The van der Waals surface area contributed by atoms with E-state index < -0.39 is 0 Å². The maximum Gasteiger partial charge on any atom is 0.154 e. The Morgan fingerprint density at radius 2 is 1.90 bits per heavy atom. The Balaban J connectivity index is 2.01. The summed E-state index contributed by atoms with van der Waals surface area (Å²) in [5.41, 5.74) is 8.35. The molecule has 102 valence electrons. The number of aliphatic imine (C=N–C) groups is 1. The highest BCUT2D eigenvalue weighted by Gasteiger charge is 2.24. The van der Waals surface area contributed by atoms with Crippen LogP contribution < -0.4 is 15.4 Å². The summed E-state index contributed by atoms with van der Waals surface area (Å²) in [7, 11) is 1.99. The fraction of sp³-hybridized carbons (Fsp3) is 0.188. The summed E-state index contributed by atoms with van der Waals surface area (Å²) in [6, 6.07) is 15.6. The zero-order chi connectivity index (χ0) is 14.1. The molecule has 0 aromatic heterocycles. The number of nitrogens with zero attached hydrogens (tertiary/aromatic N) is 2. The third-order valence-electron chi connectivity index (χ3n) is 3.37. The quantitative estimate of drug-likeness (QED) is 0.807. The summed E-state index contributed by atoms with van der Waals surface area (Å²) in [5, 5.41) is 0. The molecule has 1 unspecified atom stereocenters. The number of nitrogens with two attached hydrogens (primary N) is 1. The predicted molar refractivity (Wildman–Crippen MR) is 82.9 cm³/mol. The van der Waals surface area contributed by atoms with Crippen LogP contribution in [0.3, 0.4) is 0 Å². The number of hydrogen-bond donors (Lipinski definition) is 1. The van der Waals surface area contributed by atoms with Crippen molar-refractivity contribution in [3.05, 3.63) is 48.5 Å². The summed E-state index contributed by atoms with van der Waals surface area (Å²) >= 11 is 0. The van der Waals surface area contributed by atoms with E-state index in [1.165, 1.54) is 0 Å². The van der Waals surface area contributed by atoms with E-state index in [2.05, 4.69) is 0 Å². The largest absolute Gasteiger partial charge is 0.481 e. The van der Waals surface area contributed by atoms with Gasteiger partial charge in [0.25, 0.3) is 0 Å². The molecule has 0 saturated heterocycles. The Labute approximate surface area is 118 Å². The van der Waals surface area contributed by atoms with Gasteiger partial charge in [0, 0.05) is 18.4 Å². The van der Waals surface area contributed by atoms with Crippen LogP contribution in [-0.4, -0.2) is 19.0 Å². The van der Waals surface area contributed by atoms with Gasteiger partial charge in [0.2, 0.25) is 0 Å². The first-order valence-electron chi connectivity index (χ1n) is 6.58. The number of amidine groups is 1. The minimum absolute atomic E-state index is 0.101. The van der Waals surface area contributed by atoms with Crippen LogP contribution in [0.1, 0.15) is 6.92 Å². The Morgan fingerprint density at radius 3 is 2.65 bits per heavy atom. The second-order valence-electron chi connectivity index (χ2n) is 4.85. The second kappa shape index (κ2) is 4.89. The van der Waals surface area contributed by atoms with Crippen molar-refractivity contribution in [1.29, 1.82) is 0 Å². The summed E-state index contributed by atoms with van der Waals surface area (Å²) < 4.78 is 5.91. The normalized spacial score (nSPS) is 16.9. The first-order valence-corrected chi connectivity index (χ1v) is 6.58. The van der Waals surface area contributed by atoms with Gasteiger partial charge in [0.1, 0.15) is 11.4 Å². The Kier molecular flexibility index (Phi) is 3.06. The SMILES string of the molecule is CC1Oc2ccc(N)cc2N=C1N(C)c1ccccc1. The van der Waals surface area contributed by atoms with Gasteiger partial charge in [-0.25, -0.2) is 4.99 Å². The molecule has 0 radical (unpaired) electrons. The molecule has 4 heteroatoms. The van der Waals surface area contributed by atoms with Gasteiger partial charge in [0.05, 0.1) is 0 Å². The number of nitrogen functional groups attached to an aromatic ring is 1. The van der Waals surface area contributed by atoms with Crippen LogP contribution in [-0.2, 0) is 0 Å². The van der Waals surface area contributed by atoms with Crippen molar-refractivity contribution in [2.45, 2.75) is 13.0 Å². The van der Waals surface area contributed by atoms with E-state index in [9.17, 15) is 0 Å². The maximum absolute atomic E-state index is 5.91. The standard InChI is InChI=1S/C16H17N3O/c1-11-16(19(2)13-6-4-3-5-7-13)18-14-10-12(17)8-9-15(14)20-11/h3-11H,17H2,1-2H3. The van der Waals surface area contributed by atoms with E-state index >= 15 is 0 Å². The highest BCUT2D eigenvalue weighted by Crippen LogP contribution is 2.35. The lowest BCUT2D eigenvalue weighted by Crippen LogP contribution is -2.39. The van der Waals surface area contributed by atoms with Crippen molar-refractivity contribution in [2.24, 2.45) is 4.99 Å². The summed E-state index contributed by atoms with van der Waals surface area (Å²) in [5.74, 6) is 1.64. The van der Waals surface area contributed by atoms with Crippen molar-refractivity contribution >= 4 is 22.9 Å². The molecule has 1 aliphatic rings. The van der Waals surface area contributed by atoms with Crippen molar-refractivity contribution in [1.82, 2.24) is 0 Å². The average molecular weight is 267 g/mol. The molecule has 0 saturated carbocycles. The van der Waals surface area contributed by atoms with Crippen LogP contribution in [0.15, 0.2) is 53.5 Å². The number of rotatable bonds is 1. The molecule has 0 aliphatic carbocycles. The lowest BCUT2D eigenvalue weighted by atomic mass is 10.2. The van der Waals surface area contributed by atoms with Crippen molar-refractivity contribution < 1.29 is 4.74 Å². The van der Waals surface area contributed by atoms with Crippen molar-refractivity contribution in [2.75, 3.05) is 17.7 Å². The molecule has 2 aromatic carbocycles. The number of anilines is 2. The molecule has 2 N–H and O–H groups in total. The zero-order valence-corrected chi connectivity index (χ0v) is 11.6.